The Hall–Kier alpha value is -4.25. The van der Waals surface area contributed by atoms with Gasteiger partial charge in [0.2, 0.25) is 0 Å². The lowest BCUT2D eigenvalue weighted by Crippen LogP contribution is -2.35. The summed E-state index contributed by atoms with van der Waals surface area (Å²) in [4.78, 5) is 4.10. The van der Waals surface area contributed by atoms with Crippen molar-refractivity contribution in [3.63, 3.8) is 0 Å². The van der Waals surface area contributed by atoms with E-state index in [-0.39, 0.29) is 39.6 Å². The topological polar surface area (TPSA) is 169 Å². The zero-order valence-corrected chi connectivity index (χ0v) is 29.1. The largest absolute Gasteiger partial charge is 0.493 e. The second-order valence-electron chi connectivity index (χ2n) is 11.9. The predicted molar refractivity (Wildman–Crippen MR) is 191 cm³/mol. The molecule has 50 heavy (non-hydrogen) atoms. The third-order valence-electron chi connectivity index (χ3n) is 8.20. The van der Waals surface area contributed by atoms with Gasteiger partial charge in [-0.25, -0.2) is 0 Å². The maximum atomic E-state index is 9.52. The highest BCUT2D eigenvalue weighted by Gasteiger charge is 2.16. The molecule has 1 aromatic heterocycles. The fraction of sp³-hybridized carbons (Fsp3) is 0.368. The lowest BCUT2D eigenvalue weighted by molar-refractivity contribution is 0.0942. The van der Waals surface area contributed by atoms with Crippen molar-refractivity contribution in [2.75, 3.05) is 39.5 Å². The summed E-state index contributed by atoms with van der Waals surface area (Å²) in [5, 5.41) is 53.3. The molecular formula is C38H45ClN4O7. The number of nitrogens with zero attached hydrogens (tertiary/aromatic N) is 2. The van der Waals surface area contributed by atoms with Crippen molar-refractivity contribution in [1.29, 1.82) is 5.26 Å². The number of nitrogens with one attached hydrogen (secondary N) is 2. The van der Waals surface area contributed by atoms with E-state index in [1.54, 1.807) is 24.4 Å². The number of pyridine rings is 1. The molecule has 0 saturated carbocycles. The zero-order chi connectivity index (χ0) is 35.9. The highest BCUT2D eigenvalue weighted by atomic mass is 35.5. The van der Waals surface area contributed by atoms with Crippen LogP contribution in [0, 0.1) is 25.2 Å². The van der Waals surface area contributed by atoms with Crippen molar-refractivity contribution in [3.8, 4) is 34.4 Å². The van der Waals surface area contributed by atoms with E-state index in [1.807, 2.05) is 31.2 Å². The number of aromatic nitrogens is 1. The fourth-order valence-electron chi connectivity index (χ4n) is 5.25. The lowest BCUT2D eigenvalue weighted by atomic mass is 9.93. The van der Waals surface area contributed by atoms with Crippen molar-refractivity contribution in [2.45, 2.75) is 52.2 Å². The second kappa shape index (κ2) is 19.8. The number of aliphatic hydroxyl groups is 4. The van der Waals surface area contributed by atoms with Gasteiger partial charge in [-0.1, -0.05) is 41.9 Å². The van der Waals surface area contributed by atoms with E-state index >= 15 is 0 Å². The number of hydrogen-bond acceptors (Lipinski definition) is 11. The molecule has 11 nitrogen and oxygen atoms in total. The highest BCUT2D eigenvalue weighted by molar-refractivity contribution is 6.32. The van der Waals surface area contributed by atoms with Gasteiger partial charge in [0.05, 0.1) is 49.2 Å². The first-order valence-corrected chi connectivity index (χ1v) is 16.8. The van der Waals surface area contributed by atoms with Crippen LogP contribution in [0.5, 0.6) is 17.2 Å². The third kappa shape index (κ3) is 10.9. The fourth-order valence-corrected chi connectivity index (χ4v) is 5.49. The molecule has 6 N–H and O–H groups in total. The third-order valence-corrected chi connectivity index (χ3v) is 8.50. The predicted octanol–water partition coefficient (Wildman–Crippen LogP) is 4.20. The average molecular weight is 705 g/mol. The van der Waals surface area contributed by atoms with Gasteiger partial charge in [-0.15, -0.1) is 0 Å². The number of halogens is 1. The molecule has 0 saturated heterocycles. The van der Waals surface area contributed by atoms with Gasteiger partial charge in [0.1, 0.15) is 36.5 Å². The maximum absolute atomic E-state index is 9.52. The van der Waals surface area contributed by atoms with E-state index in [0.717, 1.165) is 40.0 Å². The minimum atomic E-state index is -0.766. The van der Waals surface area contributed by atoms with Gasteiger partial charge in [-0.2, -0.15) is 5.26 Å². The number of nitriles is 1. The summed E-state index contributed by atoms with van der Waals surface area (Å²) >= 11 is 6.71. The number of aliphatic hydroxyl groups excluding tert-OH is 4. The molecule has 12 heteroatoms. The van der Waals surface area contributed by atoms with E-state index in [1.165, 1.54) is 6.20 Å². The Morgan fingerprint density at radius 3 is 2.32 bits per heavy atom. The summed E-state index contributed by atoms with van der Waals surface area (Å²) in [6.07, 6.45) is 3.10. The number of hydrogen-bond donors (Lipinski definition) is 6. The lowest BCUT2D eigenvalue weighted by Gasteiger charge is -2.19. The molecule has 0 aliphatic rings. The highest BCUT2D eigenvalue weighted by Crippen LogP contribution is 2.36. The molecule has 0 bridgehead atoms. The Kier molecular flexibility index (Phi) is 15.3. The van der Waals surface area contributed by atoms with Crippen LogP contribution < -0.4 is 24.8 Å². The second-order valence-corrected chi connectivity index (χ2v) is 12.3. The summed E-state index contributed by atoms with van der Waals surface area (Å²) in [6, 6.07) is 18.8. The Bertz CT molecular complexity index is 1730. The SMILES string of the molecule is Cc1c(COc2cc(OCc3cncc(C#N)c3)c(CNC(CO)CO)cc2Cl)cccc1-c1cccc(OCCCNCC(O)CO)c1C. The van der Waals surface area contributed by atoms with E-state index in [0.29, 0.717) is 52.9 Å². The Morgan fingerprint density at radius 1 is 0.840 bits per heavy atom. The Labute approximate surface area is 298 Å². The zero-order valence-electron chi connectivity index (χ0n) is 28.4. The Balaban J connectivity index is 1.49. The van der Waals surface area contributed by atoms with Gasteiger partial charge in [-0.3, -0.25) is 4.98 Å². The monoisotopic (exact) mass is 704 g/mol. The van der Waals surface area contributed by atoms with Crippen LogP contribution in [0.3, 0.4) is 0 Å². The molecule has 0 spiro atoms. The Morgan fingerprint density at radius 2 is 1.58 bits per heavy atom. The number of rotatable bonds is 20. The molecule has 3 aromatic carbocycles. The standard InChI is InChI=1S/C38H45ClN4O7/c1-25-29(6-3-7-33(25)34-8-4-9-36(26(34)2)48-11-5-10-41-19-32(47)22-46)24-50-38-14-37(49-23-28-12-27(15-40)16-42-17-28)30(13-35(38)39)18-43-31(20-44)21-45/h3-4,6-9,12-14,16-17,31-32,41,43-47H,5,10-11,18-24H2,1-2H3. The van der Waals surface area contributed by atoms with E-state index in [4.69, 9.17) is 30.9 Å². The van der Waals surface area contributed by atoms with E-state index in [2.05, 4.69) is 40.7 Å². The van der Waals surface area contributed by atoms with Crippen molar-refractivity contribution < 1.29 is 34.6 Å². The summed E-state index contributed by atoms with van der Waals surface area (Å²) in [7, 11) is 0. The van der Waals surface area contributed by atoms with Crippen LogP contribution in [0.2, 0.25) is 5.02 Å². The minimum Gasteiger partial charge on any atom is -0.493 e. The summed E-state index contributed by atoms with van der Waals surface area (Å²) in [5.74, 6) is 1.71. The molecule has 1 heterocycles. The summed E-state index contributed by atoms with van der Waals surface area (Å²) < 4.78 is 18.5. The molecule has 0 fully saturated rings. The van der Waals surface area contributed by atoms with Gasteiger partial charge < -0.3 is 45.3 Å². The molecule has 4 rings (SSSR count). The number of benzene rings is 3. The molecule has 0 amide bonds. The van der Waals surface area contributed by atoms with Gasteiger partial charge in [-0.05, 0) is 72.8 Å². The molecule has 0 aliphatic heterocycles. The molecule has 4 aromatic rings. The molecule has 0 aliphatic carbocycles. The maximum Gasteiger partial charge on any atom is 0.142 e. The first-order valence-electron chi connectivity index (χ1n) is 16.5. The van der Waals surface area contributed by atoms with Crippen molar-refractivity contribution in [3.05, 3.63) is 105 Å². The number of ether oxygens (including phenoxy) is 3. The van der Waals surface area contributed by atoms with Crippen LogP contribution in [0.4, 0.5) is 0 Å². The summed E-state index contributed by atoms with van der Waals surface area (Å²) in [6.45, 7) is 5.52. The molecular weight excluding hydrogens is 660 g/mol. The van der Waals surface area contributed by atoms with Crippen molar-refractivity contribution >= 4 is 11.6 Å². The van der Waals surface area contributed by atoms with Gasteiger partial charge in [0.25, 0.3) is 0 Å². The molecule has 266 valence electrons. The average Bonchev–Trinajstić information content (AvgIpc) is 3.13. The molecule has 1 atom stereocenters. The minimum absolute atomic E-state index is 0.148. The van der Waals surface area contributed by atoms with Crippen molar-refractivity contribution in [2.24, 2.45) is 0 Å². The quantitative estimate of drug-likeness (QED) is 0.0729. The molecule has 0 radical (unpaired) electrons. The normalized spacial score (nSPS) is 11.7. The van der Waals surface area contributed by atoms with Crippen LogP contribution in [-0.4, -0.2) is 77.1 Å². The van der Waals surface area contributed by atoms with Crippen LogP contribution >= 0.6 is 11.6 Å². The van der Waals surface area contributed by atoms with Gasteiger partial charge >= 0.3 is 0 Å². The van der Waals surface area contributed by atoms with Crippen LogP contribution in [0.1, 0.15) is 39.8 Å². The van der Waals surface area contributed by atoms with E-state index < -0.39 is 12.1 Å². The first-order chi connectivity index (χ1) is 24.3. The van der Waals surface area contributed by atoms with Crippen molar-refractivity contribution in [1.82, 2.24) is 15.6 Å². The smallest absolute Gasteiger partial charge is 0.142 e. The summed E-state index contributed by atoms with van der Waals surface area (Å²) in [5.41, 5.74) is 7.00. The van der Waals surface area contributed by atoms with Gasteiger partial charge in [0.15, 0.2) is 0 Å². The van der Waals surface area contributed by atoms with Gasteiger partial charge in [0, 0.05) is 42.7 Å². The molecule has 1 unspecified atom stereocenters. The van der Waals surface area contributed by atoms with Crippen LogP contribution in [-0.2, 0) is 19.8 Å². The van der Waals surface area contributed by atoms with E-state index in [9.17, 15) is 20.6 Å². The van der Waals surface area contributed by atoms with Crippen LogP contribution in [0.15, 0.2) is 67.0 Å². The first kappa shape index (κ1) is 38.6. The van der Waals surface area contributed by atoms with Crippen LogP contribution in [0.25, 0.3) is 11.1 Å².